The summed E-state index contributed by atoms with van der Waals surface area (Å²) in [7, 11) is 1.58. The summed E-state index contributed by atoms with van der Waals surface area (Å²) in [6, 6.07) is 7.58. The van der Waals surface area contributed by atoms with Crippen molar-refractivity contribution in [3.63, 3.8) is 0 Å². The van der Waals surface area contributed by atoms with Crippen LogP contribution in [0.5, 0.6) is 0 Å². The van der Waals surface area contributed by atoms with Gasteiger partial charge in [0.25, 0.3) is 0 Å². The number of nitrogens with two attached hydrogens (primary N) is 1. The highest BCUT2D eigenvalue weighted by atomic mass is 15.3. The van der Waals surface area contributed by atoms with E-state index in [1.165, 1.54) is 0 Å². The normalized spacial score (nSPS) is 12.0. The molecule has 5 nitrogen and oxygen atoms in total. The highest BCUT2D eigenvalue weighted by molar-refractivity contribution is 5.99. The van der Waals surface area contributed by atoms with E-state index in [9.17, 15) is 0 Å². The average molecular weight is 203 g/mol. The molecule has 0 aliphatic heterocycles. The number of hydrogen-bond acceptors (Lipinski definition) is 4. The summed E-state index contributed by atoms with van der Waals surface area (Å²) in [4.78, 5) is 0. The third kappa shape index (κ3) is 3.07. The van der Waals surface area contributed by atoms with Crippen LogP contribution in [0.1, 0.15) is 11.1 Å². The zero-order chi connectivity index (χ0) is 11.1. The molecular formula is C10H13N5. The van der Waals surface area contributed by atoms with Gasteiger partial charge in [-0.15, -0.1) is 10.2 Å². The van der Waals surface area contributed by atoms with Crippen LogP contribution in [0.4, 0.5) is 0 Å². The SMILES string of the molecule is C=N/N=C(\N=N/C)c1ccc(CN)cc1. The summed E-state index contributed by atoms with van der Waals surface area (Å²) in [6.45, 7) is 3.80. The molecule has 0 saturated heterocycles. The van der Waals surface area contributed by atoms with Crippen molar-refractivity contribution in [3.8, 4) is 0 Å². The van der Waals surface area contributed by atoms with Gasteiger partial charge >= 0.3 is 0 Å². The molecule has 0 heterocycles. The fourth-order valence-electron chi connectivity index (χ4n) is 1.09. The van der Waals surface area contributed by atoms with Gasteiger partial charge in [-0.1, -0.05) is 24.3 Å². The highest BCUT2D eigenvalue weighted by Gasteiger charge is 2.01. The smallest absolute Gasteiger partial charge is 0.202 e. The molecule has 0 saturated carbocycles. The molecule has 0 bridgehead atoms. The molecule has 1 aromatic rings. The lowest BCUT2D eigenvalue weighted by molar-refractivity contribution is 1.07. The molecule has 0 unspecified atom stereocenters. The van der Waals surface area contributed by atoms with Gasteiger partial charge in [-0.25, -0.2) is 0 Å². The van der Waals surface area contributed by atoms with Crippen LogP contribution in [0.15, 0.2) is 44.7 Å². The van der Waals surface area contributed by atoms with E-state index >= 15 is 0 Å². The van der Waals surface area contributed by atoms with Crippen LogP contribution in [0.25, 0.3) is 0 Å². The van der Waals surface area contributed by atoms with Gasteiger partial charge in [0.1, 0.15) is 0 Å². The molecule has 2 N–H and O–H groups in total. The van der Waals surface area contributed by atoms with Crippen LogP contribution < -0.4 is 5.73 Å². The molecule has 0 aliphatic carbocycles. The predicted molar refractivity (Wildman–Crippen MR) is 61.2 cm³/mol. The van der Waals surface area contributed by atoms with Crippen LogP contribution in [-0.4, -0.2) is 19.6 Å². The van der Waals surface area contributed by atoms with Gasteiger partial charge in [0, 0.05) is 25.9 Å². The quantitative estimate of drug-likeness (QED) is 0.344. The fourth-order valence-corrected chi connectivity index (χ4v) is 1.09. The molecule has 15 heavy (non-hydrogen) atoms. The first-order valence-corrected chi connectivity index (χ1v) is 4.44. The first kappa shape index (κ1) is 11.2. The van der Waals surface area contributed by atoms with Crippen molar-refractivity contribution < 1.29 is 0 Å². The number of azo groups is 1. The van der Waals surface area contributed by atoms with Crippen LogP contribution in [0, 0.1) is 0 Å². The lowest BCUT2D eigenvalue weighted by atomic mass is 10.1. The molecule has 1 aromatic carbocycles. The van der Waals surface area contributed by atoms with Crippen molar-refractivity contribution >= 4 is 12.6 Å². The van der Waals surface area contributed by atoms with Crippen LogP contribution in [0.2, 0.25) is 0 Å². The maximum absolute atomic E-state index is 5.49. The first-order chi connectivity index (χ1) is 7.31. The van der Waals surface area contributed by atoms with Crippen molar-refractivity contribution in [3.05, 3.63) is 35.4 Å². The van der Waals surface area contributed by atoms with Crippen molar-refractivity contribution in [1.82, 2.24) is 0 Å². The maximum atomic E-state index is 5.49. The molecule has 1 rings (SSSR count). The molecule has 5 heteroatoms. The zero-order valence-electron chi connectivity index (χ0n) is 8.59. The molecule has 0 spiro atoms. The van der Waals surface area contributed by atoms with Gasteiger partial charge in [-0.2, -0.15) is 10.2 Å². The second kappa shape index (κ2) is 5.77. The molecule has 0 atom stereocenters. The summed E-state index contributed by atoms with van der Waals surface area (Å²) in [5.74, 6) is 0.441. The van der Waals surface area contributed by atoms with Crippen LogP contribution in [0.3, 0.4) is 0 Å². The molecular weight excluding hydrogens is 190 g/mol. The number of nitrogens with zero attached hydrogens (tertiary/aromatic N) is 4. The lowest BCUT2D eigenvalue weighted by Crippen LogP contribution is -1.99. The highest BCUT2D eigenvalue weighted by Crippen LogP contribution is 2.06. The second-order valence-corrected chi connectivity index (χ2v) is 2.77. The van der Waals surface area contributed by atoms with E-state index in [0.717, 1.165) is 11.1 Å². The van der Waals surface area contributed by atoms with Gasteiger partial charge in [0.2, 0.25) is 5.84 Å². The Morgan fingerprint density at radius 2 is 2.00 bits per heavy atom. The van der Waals surface area contributed by atoms with E-state index in [0.29, 0.717) is 12.4 Å². The largest absolute Gasteiger partial charge is 0.326 e. The first-order valence-electron chi connectivity index (χ1n) is 4.44. The average Bonchev–Trinajstić information content (AvgIpc) is 2.29. The monoisotopic (exact) mass is 203 g/mol. The fraction of sp³-hybridized carbons (Fsp3) is 0.200. The summed E-state index contributed by atoms with van der Waals surface area (Å²) >= 11 is 0. The minimum absolute atomic E-state index is 0.441. The molecule has 78 valence electrons. The third-order valence-electron chi connectivity index (χ3n) is 1.81. The van der Waals surface area contributed by atoms with E-state index in [-0.39, 0.29) is 0 Å². The minimum atomic E-state index is 0.441. The van der Waals surface area contributed by atoms with Crippen molar-refractivity contribution in [1.29, 1.82) is 0 Å². The number of rotatable bonds is 3. The topological polar surface area (TPSA) is 75.5 Å². The number of benzene rings is 1. The third-order valence-corrected chi connectivity index (χ3v) is 1.81. The molecule has 0 aromatic heterocycles. The summed E-state index contributed by atoms with van der Waals surface area (Å²) < 4.78 is 0. The predicted octanol–water partition coefficient (Wildman–Crippen LogP) is 1.59. The maximum Gasteiger partial charge on any atom is 0.202 e. The van der Waals surface area contributed by atoms with Gasteiger partial charge in [-0.3, -0.25) is 0 Å². The van der Waals surface area contributed by atoms with E-state index in [1.54, 1.807) is 7.05 Å². The summed E-state index contributed by atoms with van der Waals surface area (Å²) in [6.07, 6.45) is 0. The Bertz CT molecular complexity index is 377. The van der Waals surface area contributed by atoms with Crippen molar-refractivity contribution in [2.75, 3.05) is 7.05 Å². The molecule has 0 radical (unpaired) electrons. The van der Waals surface area contributed by atoms with Gasteiger partial charge in [0.05, 0.1) is 0 Å². The van der Waals surface area contributed by atoms with E-state index in [1.807, 2.05) is 24.3 Å². The zero-order valence-corrected chi connectivity index (χ0v) is 8.59. The Hall–Kier alpha value is -1.88. The van der Waals surface area contributed by atoms with E-state index in [4.69, 9.17) is 5.73 Å². The molecule has 0 amide bonds. The Kier molecular flexibility index (Phi) is 4.30. The van der Waals surface area contributed by atoms with Gasteiger partial charge < -0.3 is 5.73 Å². The lowest BCUT2D eigenvalue weighted by Gasteiger charge is -1.99. The standard InChI is InChI=1S/C10H13N5/c1-12-14-10(15-13-2)9-5-3-8(7-11)4-6-9/h3-6H,1,7,11H2,2H3/b14-10-,15-13-. The Labute approximate surface area is 88.4 Å². The minimum Gasteiger partial charge on any atom is -0.326 e. The Morgan fingerprint density at radius 1 is 1.33 bits per heavy atom. The van der Waals surface area contributed by atoms with Crippen LogP contribution in [-0.2, 0) is 6.54 Å². The number of hydrogen-bond donors (Lipinski definition) is 1. The van der Waals surface area contributed by atoms with Gasteiger partial charge in [0.15, 0.2) is 0 Å². The van der Waals surface area contributed by atoms with Crippen molar-refractivity contribution in [2.45, 2.75) is 6.54 Å². The van der Waals surface area contributed by atoms with Crippen LogP contribution >= 0.6 is 0 Å². The Morgan fingerprint density at radius 3 is 2.47 bits per heavy atom. The molecule has 0 aliphatic rings. The number of amidine groups is 1. The molecule has 0 fully saturated rings. The van der Waals surface area contributed by atoms with Gasteiger partial charge in [-0.05, 0) is 5.56 Å². The van der Waals surface area contributed by atoms with E-state index < -0.39 is 0 Å². The summed E-state index contributed by atoms with van der Waals surface area (Å²) in [5, 5.41) is 14.7. The van der Waals surface area contributed by atoms with E-state index in [2.05, 4.69) is 27.1 Å². The Balaban J connectivity index is 3.02. The second-order valence-electron chi connectivity index (χ2n) is 2.77. The van der Waals surface area contributed by atoms with Crippen molar-refractivity contribution in [2.24, 2.45) is 26.2 Å². The summed E-state index contributed by atoms with van der Waals surface area (Å²) in [5.41, 5.74) is 7.38.